The first-order chi connectivity index (χ1) is 6.70. The highest BCUT2D eigenvalue weighted by molar-refractivity contribution is 5.85. The van der Waals surface area contributed by atoms with Gasteiger partial charge in [-0.2, -0.15) is 0 Å². The summed E-state index contributed by atoms with van der Waals surface area (Å²) in [4.78, 5) is 6.46. The fraction of sp³-hybridized carbons (Fsp3) is 0.375. The van der Waals surface area contributed by atoms with E-state index < -0.39 is 0 Å². The van der Waals surface area contributed by atoms with Crippen molar-refractivity contribution in [3.63, 3.8) is 0 Å². The van der Waals surface area contributed by atoms with E-state index in [1.807, 2.05) is 0 Å². The fourth-order valence-electron chi connectivity index (χ4n) is 1.10. The van der Waals surface area contributed by atoms with Gasteiger partial charge < -0.3 is 10.2 Å². The van der Waals surface area contributed by atoms with E-state index >= 15 is 0 Å². The molecular formula is C8H11ClN4O2. The molecule has 2 N–H and O–H groups in total. The van der Waals surface area contributed by atoms with E-state index in [9.17, 15) is 5.11 Å². The molecular weight excluding hydrogens is 220 g/mol. The van der Waals surface area contributed by atoms with Crippen molar-refractivity contribution in [2.75, 3.05) is 0 Å². The molecule has 0 amide bonds. The van der Waals surface area contributed by atoms with E-state index in [1.165, 1.54) is 6.20 Å². The molecule has 0 bridgehead atoms. The van der Waals surface area contributed by atoms with Crippen LogP contribution in [0.5, 0.6) is 5.75 Å². The number of pyridine rings is 1. The normalized spacial score (nSPS) is 8.93. The van der Waals surface area contributed by atoms with E-state index in [2.05, 4.69) is 15.0 Å². The summed E-state index contributed by atoms with van der Waals surface area (Å²) in [5.41, 5.74) is 9.50. The topological polar surface area (TPSA) is 102 Å². The van der Waals surface area contributed by atoms with Crippen molar-refractivity contribution >= 4 is 12.4 Å². The second-order valence-electron chi connectivity index (χ2n) is 2.74. The maximum absolute atomic E-state index is 9.58. The molecule has 0 radical (unpaired) electrons. The molecule has 0 fully saturated rings. The lowest BCUT2D eigenvalue weighted by atomic mass is 10.1. The van der Waals surface area contributed by atoms with Crippen LogP contribution in [-0.2, 0) is 13.2 Å². The van der Waals surface area contributed by atoms with Gasteiger partial charge in [0, 0.05) is 22.2 Å². The quantitative estimate of drug-likeness (QED) is 0.470. The van der Waals surface area contributed by atoms with Crippen molar-refractivity contribution in [3.05, 3.63) is 33.5 Å². The summed E-state index contributed by atoms with van der Waals surface area (Å²) >= 11 is 0. The Hall–Kier alpha value is -1.49. The van der Waals surface area contributed by atoms with Crippen LogP contribution in [-0.4, -0.2) is 15.2 Å². The molecule has 0 aliphatic carbocycles. The lowest BCUT2D eigenvalue weighted by Gasteiger charge is -2.08. The van der Waals surface area contributed by atoms with Crippen LogP contribution in [0.25, 0.3) is 10.4 Å². The minimum Gasteiger partial charge on any atom is -0.506 e. The molecule has 82 valence electrons. The first kappa shape index (κ1) is 13.5. The van der Waals surface area contributed by atoms with Gasteiger partial charge in [0.15, 0.2) is 0 Å². The molecule has 7 heteroatoms. The zero-order chi connectivity index (χ0) is 10.6. The van der Waals surface area contributed by atoms with E-state index in [4.69, 9.17) is 10.6 Å². The summed E-state index contributed by atoms with van der Waals surface area (Å²) in [6.45, 7) is 1.41. The van der Waals surface area contributed by atoms with Gasteiger partial charge in [0.1, 0.15) is 5.75 Å². The Labute approximate surface area is 92.6 Å². The molecule has 1 heterocycles. The van der Waals surface area contributed by atoms with Gasteiger partial charge in [0.05, 0.1) is 18.8 Å². The minimum absolute atomic E-state index is 0. The number of aliphatic hydroxyl groups excluding tert-OH is 1. The van der Waals surface area contributed by atoms with Gasteiger partial charge >= 0.3 is 0 Å². The molecule has 0 saturated carbocycles. The van der Waals surface area contributed by atoms with Crippen LogP contribution in [0.3, 0.4) is 0 Å². The molecule has 1 aromatic rings. The largest absolute Gasteiger partial charge is 0.506 e. The van der Waals surface area contributed by atoms with Crippen LogP contribution in [0.15, 0.2) is 11.3 Å². The minimum atomic E-state index is -0.239. The number of hydrogen-bond donors (Lipinski definition) is 2. The summed E-state index contributed by atoms with van der Waals surface area (Å²) in [6, 6.07) is 0. The number of rotatable bonds is 3. The van der Waals surface area contributed by atoms with Crippen LogP contribution < -0.4 is 0 Å². The highest BCUT2D eigenvalue weighted by Crippen LogP contribution is 2.24. The SMILES string of the molecule is Cc1ncc(CO)c(CN=[N+]=[N-])c1O.Cl. The second-order valence-corrected chi connectivity index (χ2v) is 2.74. The van der Waals surface area contributed by atoms with Crippen molar-refractivity contribution in [1.82, 2.24) is 4.98 Å². The Morgan fingerprint density at radius 2 is 2.27 bits per heavy atom. The lowest BCUT2D eigenvalue weighted by molar-refractivity contribution is 0.279. The summed E-state index contributed by atoms with van der Waals surface area (Å²) < 4.78 is 0. The molecule has 1 aromatic heterocycles. The third-order valence-corrected chi connectivity index (χ3v) is 1.89. The number of aliphatic hydroxyl groups is 1. The highest BCUT2D eigenvalue weighted by atomic mass is 35.5. The Morgan fingerprint density at radius 1 is 1.60 bits per heavy atom. The molecule has 15 heavy (non-hydrogen) atoms. The van der Waals surface area contributed by atoms with Crippen molar-refractivity contribution in [1.29, 1.82) is 0 Å². The van der Waals surface area contributed by atoms with Gasteiger partial charge in [-0.1, -0.05) is 5.11 Å². The van der Waals surface area contributed by atoms with Gasteiger partial charge in [0.25, 0.3) is 0 Å². The Kier molecular flexibility index (Phi) is 5.48. The van der Waals surface area contributed by atoms with Crippen LogP contribution in [0, 0.1) is 6.92 Å². The van der Waals surface area contributed by atoms with E-state index in [0.717, 1.165) is 0 Å². The molecule has 6 nitrogen and oxygen atoms in total. The van der Waals surface area contributed by atoms with Crippen molar-refractivity contribution in [2.45, 2.75) is 20.1 Å². The number of aromatic hydroxyl groups is 1. The maximum Gasteiger partial charge on any atom is 0.140 e. The van der Waals surface area contributed by atoms with E-state index in [-0.39, 0.29) is 31.3 Å². The first-order valence-corrected chi connectivity index (χ1v) is 3.98. The van der Waals surface area contributed by atoms with Gasteiger partial charge in [-0.3, -0.25) is 4.98 Å². The van der Waals surface area contributed by atoms with Crippen LogP contribution in [0.1, 0.15) is 16.8 Å². The standard InChI is InChI=1S/C8H10N4O2.ClH/c1-5-8(14)7(3-11-12-9)6(4-13)2-10-5;/h2,13-14H,3-4H2,1H3;1H. The van der Waals surface area contributed by atoms with E-state index in [0.29, 0.717) is 16.8 Å². The van der Waals surface area contributed by atoms with Crippen LogP contribution in [0.2, 0.25) is 0 Å². The average molecular weight is 231 g/mol. The molecule has 0 aliphatic heterocycles. The van der Waals surface area contributed by atoms with Gasteiger partial charge in [-0.05, 0) is 12.5 Å². The molecule has 0 spiro atoms. The third-order valence-electron chi connectivity index (χ3n) is 1.89. The zero-order valence-electron chi connectivity index (χ0n) is 8.08. The molecule has 1 rings (SSSR count). The molecule has 0 aliphatic rings. The monoisotopic (exact) mass is 230 g/mol. The van der Waals surface area contributed by atoms with Gasteiger partial charge in [-0.25, -0.2) is 0 Å². The molecule has 0 saturated heterocycles. The number of nitrogens with zero attached hydrogens (tertiary/aromatic N) is 4. The van der Waals surface area contributed by atoms with Gasteiger partial charge in [0.2, 0.25) is 0 Å². The summed E-state index contributed by atoms with van der Waals surface area (Å²) in [5, 5.41) is 21.9. The zero-order valence-corrected chi connectivity index (χ0v) is 8.90. The number of halogens is 1. The molecule has 0 aromatic carbocycles. The van der Waals surface area contributed by atoms with E-state index in [1.54, 1.807) is 6.92 Å². The van der Waals surface area contributed by atoms with Crippen molar-refractivity contribution in [3.8, 4) is 5.75 Å². The predicted molar refractivity (Wildman–Crippen MR) is 56.7 cm³/mol. The number of azide groups is 1. The Bertz CT molecular complexity index is 390. The average Bonchev–Trinajstić information content (AvgIpc) is 2.20. The second kappa shape index (κ2) is 6.08. The Morgan fingerprint density at radius 3 is 2.80 bits per heavy atom. The van der Waals surface area contributed by atoms with Crippen molar-refractivity contribution < 1.29 is 10.2 Å². The summed E-state index contributed by atoms with van der Waals surface area (Å²) in [5.74, 6) is -0.0241. The van der Waals surface area contributed by atoms with Crippen LogP contribution >= 0.6 is 12.4 Å². The summed E-state index contributed by atoms with van der Waals surface area (Å²) in [7, 11) is 0. The maximum atomic E-state index is 9.58. The number of aromatic nitrogens is 1. The summed E-state index contributed by atoms with van der Waals surface area (Å²) in [6.07, 6.45) is 1.46. The number of hydrogen-bond acceptors (Lipinski definition) is 4. The van der Waals surface area contributed by atoms with Crippen molar-refractivity contribution in [2.24, 2.45) is 5.11 Å². The first-order valence-electron chi connectivity index (χ1n) is 3.98. The number of aryl methyl sites for hydroxylation is 1. The Balaban J connectivity index is 0.00000196. The molecule has 0 atom stereocenters. The lowest BCUT2D eigenvalue weighted by Crippen LogP contribution is -1.97. The van der Waals surface area contributed by atoms with Gasteiger partial charge in [-0.15, -0.1) is 12.4 Å². The fourth-order valence-corrected chi connectivity index (χ4v) is 1.10. The highest BCUT2D eigenvalue weighted by Gasteiger charge is 2.09. The smallest absolute Gasteiger partial charge is 0.140 e. The predicted octanol–water partition coefficient (Wildman–Crippen LogP) is 1.82. The third kappa shape index (κ3) is 2.99. The molecule has 0 unspecified atom stereocenters. The van der Waals surface area contributed by atoms with Crippen LogP contribution in [0.4, 0.5) is 0 Å².